The van der Waals surface area contributed by atoms with Crippen molar-refractivity contribution in [2.75, 3.05) is 27.4 Å². The van der Waals surface area contributed by atoms with E-state index < -0.39 is 18.2 Å². The first-order valence-electron chi connectivity index (χ1n) is 8.68. The number of aromatic nitrogens is 1. The van der Waals surface area contributed by atoms with E-state index in [4.69, 9.17) is 18.9 Å². The normalized spacial score (nSPS) is 19.1. The SMILES string of the molecule is COC(=O)c1cc(C2OCC(C)CO2)ccc1-c1ccc(OC)nc1C(=O)O. The second-order valence-electron chi connectivity index (χ2n) is 6.46. The lowest BCUT2D eigenvalue weighted by Crippen LogP contribution is -2.25. The van der Waals surface area contributed by atoms with Crippen molar-refractivity contribution in [2.24, 2.45) is 5.92 Å². The molecule has 1 aromatic carbocycles. The number of rotatable bonds is 5. The second-order valence-corrected chi connectivity index (χ2v) is 6.46. The Morgan fingerprint density at radius 2 is 1.79 bits per heavy atom. The molecule has 0 aliphatic carbocycles. The number of carbonyl (C=O) groups is 2. The molecular formula is C20H21NO7. The Morgan fingerprint density at radius 3 is 2.39 bits per heavy atom. The zero-order valence-electron chi connectivity index (χ0n) is 15.8. The van der Waals surface area contributed by atoms with Gasteiger partial charge in [0.1, 0.15) is 0 Å². The molecule has 1 N–H and O–H groups in total. The summed E-state index contributed by atoms with van der Waals surface area (Å²) in [6, 6.07) is 8.05. The monoisotopic (exact) mass is 387 g/mol. The van der Waals surface area contributed by atoms with E-state index in [9.17, 15) is 14.7 Å². The van der Waals surface area contributed by atoms with Crippen LogP contribution in [0.5, 0.6) is 5.88 Å². The Balaban J connectivity index is 2.09. The van der Waals surface area contributed by atoms with Gasteiger partial charge in [-0.05, 0) is 17.7 Å². The van der Waals surface area contributed by atoms with Crippen LogP contribution < -0.4 is 4.74 Å². The number of hydrogen-bond donors (Lipinski definition) is 1. The highest BCUT2D eigenvalue weighted by molar-refractivity contribution is 6.02. The first kappa shape index (κ1) is 19.8. The summed E-state index contributed by atoms with van der Waals surface area (Å²) >= 11 is 0. The fourth-order valence-corrected chi connectivity index (χ4v) is 2.95. The van der Waals surface area contributed by atoms with Crippen molar-refractivity contribution in [2.45, 2.75) is 13.2 Å². The van der Waals surface area contributed by atoms with Gasteiger partial charge in [-0.15, -0.1) is 0 Å². The molecule has 8 nitrogen and oxygen atoms in total. The van der Waals surface area contributed by atoms with E-state index in [1.165, 1.54) is 20.3 Å². The van der Waals surface area contributed by atoms with E-state index in [1.54, 1.807) is 24.3 Å². The summed E-state index contributed by atoms with van der Waals surface area (Å²) in [5, 5.41) is 9.54. The summed E-state index contributed by atoms with van der Waals surface area (Å²) in [7, 11) is 2.66. The number of aromatic carboxylic acids is 1. The van der Waals surface area contributed by atoms with E-state index in [-0.39, 0.29) is 22.7 Å². The molecule has 2 aromatic rings. The molecule has 1 saturated heterocycles. The first-order chi connectivity index (χ1) is 13.4. The van der Waals surface area contributed by atoms with Gasteiger partial charge in [0.15, 0.2) is 12.0 Å². The van der Waals surface area contributed by atoms with Crippen molar-refractivity contribution in [3.8, 4) is 17.0 Å². The van der Waals surface area contributed by atoms with Crippen molar-refractivity contribution >= 4 is 11.9 Å². The van der Waals surface area contributed by atoms with Gasteiger partial charge in [-0.2, -0.15) is 0 Å². The molecule has 0 bridgehead atoms. The van der Waals surface area contributed by atoms with Gasteiger partial charge in [-0.3, -0.25) is 0 Å². The summed E-state index contributed by atoms with van der Waals surface area (Å²) in [5.74, 6) is -1.38. The molecule has 1 aromatic heterocycles. The van der Waals surface area contributed by atoms with Crippen LogP contribution in [0.1, 0.15) is 39.6 Å². The van der Waals surface area contributed by atoms with E-state index in [0.717, 1.165) is 0 Å². The molecule has 1 aliphatic rings. The zero-order chi connectivity index (χ0) is 20.3. The van der Waals surface area contributed by atoms with Crippen molar-refractivity contribution in [1.82, 2.24) is 4.98 Å². The van der Waals surface area contributed by atoms with E-state index in [2.05, 4.69) is 4.98 Å². The van der Waals surface area contributed by atoms with Crippen LogP contribution in [-0.4, -0.2) is 49.5 Å². The number of pyridine rings is 1. The molecule has 1 fully saturated rings. The fourth-order valence-electron chi connectivity index (χ4n) is 2.95. The minimum atomic E-state index is -1.23. The lowest BCUT2D eigenvalue weighted by Gasteiger charge is -2.28. The van der Waals surface area contributed by atoms with Crippen molar-refractivity contribution in [3.63, 3.8) is 0 Å². The molecule has 2 heterocycles. The average molecular weight is 387 g/mol. The topological polar surface area (TPSA) is 104 Å². The molecule has 148 valence electrons. The van der Waals surface area contributed by atoms with Crippen LogP contribution in [0.2, 0.25) is 0 Å². The van der Waals surface area contributed by atoms with E-state index in [1.807, 2.05) is 6.92 Å². The van der Waals surface area contributed by atoms with Gasteiger partial charge in [-0.25, -0.2) is 14.6 Å². The molecule has 28 heavy (non-hydrogen) atoms. The van der Waals surface area contributed by atoms with Crippen LogP contribution in [0.3, 0.4) is 0 Å². The van der Waals surface area contributed by atoms with Crippen molar-refractivity contribution < 1.29 is 33.6 Å². The van der Waals surface area contributed by atoms with Crippen LogP contribution in [0, 0.1) is 5.92 Å². The van der Waals surface area contributed by atoms with Crippen LogP contribution >= 0.6 is 0 Å². The number of carboxylic acid groups (broad SMARTS) is 1. The third-order valence-electron chi connectivity index (χ3n) is 4.36. The summed E-state index contributed by atoms with van der Waals surface area (Å²) < 4.78 is 21.3. The number of esters is 1. The molecule has 0 spiro atoms. The lowest BCUT2D eigenvalue weighted by molar-refractivity contribution is -0.202. The molecule has 0 atom stereocenters. The molecule has 1 aliphatic heterocycles. The summed E-state index contributed by atoms with van der Waals surface area (Å²) in [5.41, 5.74) is 1.28. The lowest BCUT2D eigenvalue weighted by atomic mass is 9.95. The van der Waals surface area contributed by atoms with Gasteiger partial charge in [0.05, 0.1) is 33.0 Å². The third kappa shape index (κ3) is 3.97. The van der Waals surface area contributed by atoms with Crippen LogP contribution in [-0.2, 0) is 14.2 Å². The molecular weight excluding hydrogens is 366 g/mol. The highest BCUT2D eigenvalue weighted by Crippen LogP contribution is 2.33. The Labute approximate surface area is 162 Å². The van der Waals surface area contributed by atoms with Gasteiger partial charge in [0.2, 0.25) is 5.88 Å². The fraction of sp³-hybridized carbons (Fsp3) is 0.350. The third-order valence-corrected chi connectivity index (χ3v) is 4.36. The Bertz CT molecular complexity index is 888. The molecule has 0 saturated carbocycles. The number of carbonyl (C=O) groups excluding carboxylic acids is 1. The van der Waals surface area contributed by atoms with Crippen molar-refractivity contribution in [1.29, 1.82) is 0 Å². The minimum absolute atomic E-state index is 0.163. The number of methoxy groups -OCH3 is 2. The van der Waals surface area contributed by atoms with E-state index >= 15 is 0 Å². The second kappa shape index (κ2) is 8.37. The zero-order valence-corrected chi connectivity index (χ0v) is 15.8. The maximum atomic E-state index is 12.4. The van der Waals surface area contributed by atoms with Gasteiger partial charge in [-0.1, -0.05) is 19.1 Å². The quantitative estimate of drug-likeness (QED) is 0.781. The van der Waals surface area contributed by atoms with Crippen LogP contribution in [0.25, 0.3) is 11.1 Å². The molecule has 0 unspecified atom stereocenters. The smallest absolute Gasteiger partial charge is 0.355 e. The van der Waals surface area contributed by atoms with Crippen LogP contribution in [0.4, 0.5) is 0 Å². The summed E-state index contributed by atoms with van der Waals surface area (Å²) in [4.78, 5) is 28.1. The number of ether oxygens (including phenoxy) is 4. The Kier molecular flexibility index (Phi) is 5.91. The largest absolute Gasteiger partial charge is 0.481 e. The number of benzene rings is 1. The predicted molar refractivity (Wildman–Crippen MR) is 98.3 cm³/mol. The van der Waals surface area contributed by atoms with Crippen LogP contribution in [0.15, 0.2) is 30.3 Å². The standard InChI is InChI=1S/C20H21NO7/c1-11-9-27-20(28-10-11)12-4-5-13(15(8-12)19(24)26-3)14-6-7-16(25-2)21-17(14)18(22)23/h4-8,11,20H,9-10H2,1-3H3,(H,22,23). The Morgan fingerprint density at radius 1 is 1.11 bits per heavy atom. The minimum Gasteiger partial charge on any atom is -0.481 e. The Hall–Kier alpha value is -2.97. The van der Waals surface area contributed by atoms with Crippen molar-refractivity contribution in [3.05, 3.63) is 47.2 Å². The highest BCUT2D eigenvalue weighted by atomic mass is 16.7. The predicted octanol–water partition coefficient (Wildman–Crippen LogP) is 2.92. The number of hydrogen-bond acceptors (Lipinski definition) is 7. The molecule has 0 amide bonds. The van der Waals surface area contributed by atoms with Gasteiger partial charge < -0.3 is 24.1 Å². The number of carboxylic acids is 1. The van der Waals surface area contributed by atoms with Gasteiger partial charge >= 0.3 is 11.9 Å². The summed E-state index contributed by atoms with van der Waals surface area (Å²) in [6.07, 6.45) is -0.596. The maximum absolute atomic E-state index is 12.4. The van der Waals surface area contributed by atoms with Gasteiger partial charge in [0.25, 0.3) is 0 Å². The number of nitrogens with zero attached hydrogens (tertiary/aromatic N) is 1. The molecule has 0 radical (unpaired) electrons. The first-order valence-corrected chi connectivity index (χ1v) is 8.68. The van der Waals surface area contributed by atoms with E-state index in [0.29, 0.717) is 30.3 Å². The maximum Gasteiger partial charge on any atom is 0.355 e. The molecule has 3 rings (SSSR count). The summed E-state index contributed by atoms with van der Waals surface area (Å²) in [6.45, 7) is 3.11. The highest BCUT2D eigenvalue weighted by Gasteiger charge is 2.25. The van der Waals surface area contributed by atoms with Gasteiger partial charge in [0, 0.05) is 23.1 Å². The average Bonchev–Trinajstić information content (AvgIpc) is 2.72. The molecule has 8 heteroatoms.